The Morgan fingerprint density at radius 1 is 0.704 bits per heavy atom. The first kappa shape index (κ1) is 60.9. The molecule has 0 bridgehead atoms. The van der Waals surface area contributed by atoms with Crippen molar-refractivity contribution in [2.75, 3.05) is 26.2 Å². The number of carbonyl (C=O) groups is 10. The summed E-state index contributed by atoms with van der Waals surface area (Å²) in [5.41, 5.74) is 17.8. The second-order valence-electron chi connectivity index (χ2n) is 19.0. The molecule has 8 atom stereocenters. The maximum atomic E-state index is 14.4. The Kier molecular flexibility index (Phi) is 26.8. The van der Waals surface area contributed by atoms with Crippen molar-refractivity contribution in [1.82, 2.24) is 52.1 Å². The normalized spacial score (nSPS) is 16.5. The van der Waals surface area contributed by atoms with Crippen LogP contribution in [-0.4, -0.2) is 159 Å². The van der Waals surface area contributed by atoms with Gasteiger partial charge in [0.25, 0.3) is 0 Å². The molecule has 1 saturated heterocycles. The Morgan fingerprint density at radius 2 is 1.30 bits per heavy atom. The molecule has 0 spiro atoms. The number of likely N-dealkylation sites (tertiary alicyclic amines) is 1. The second-order valence-corrected chi connectivity index (χ2v) is 19.0. The van der Waals surface area contributed by atoms with Crippen LogP contribution in [0.5, 0.6) is 0 Å². The van der Waals surface area contributed by atoms with Gasteiger partial charge in [-0.2, -0.15) is 0 Å². The summed E-state index contributed by atoms with van der Waals surface area (Å²) in [4.78, 5) is 141. The first-order chi connectivity index (χ1) is 33.5. The van der Waals surface area contributed by atoms with E-state index in [1.54, 1.807) is 27.7 Å². The van der Waals surface area contributed by atoms with Crippen LogP contribution in [0.2, 0.25) is 0 Å². The summed E-state index contributed by atoms with van der Waals surface area (Å²) < 4.78 is 0. The summed E-state index contributed by atoms with van der Waals surface area (Å²) in [7, 11) is 0. The van der Waals surface area contributed by atoms with E-state index in [-0.39, 0.29) is 51.1 Å². The summed E-state index contributed by atoms with van der Waals surface area (Å²) in [6.45, 7) is 10.3. The zero-order valence-electron chi connectivity index (χ0n) is 41.9. The van der Waals surface area contributed by atoms with Gasteiger partial charge in [0.15, 0.2) is 0 Å². The molecule has 400 valence electrons. The minimum absolute atomic E-state index is 0.0426. The number of nitrogens with two attached hydrogens (primary N) is 3. The third-order valence-corrected chi connectivity index (χ3v) is 11.9. The Labute approximate surface area is 414 Å². The molecule has 25 heteroatoms. The zero-order chi connectivity index (χ0) is 53.4. The van der Waals surface area contributed by atoms with Crippen molar-refractivity contribution in [3.05, 3.63) is 18.2 Å². The van der Waals surface area contributed by atoms with Gasteiger partial charge in [0.2, 0.25) is 47.3 Å². The van der Waals surface area contributed by atoms with E-state index in [0.29, 0.717) is 50.8 Å². The summed E-state index contributed by atoms with van der Waals surface area (Å²) in [5, 5.41) is 37.2. The third-order valence-electron chi connectivity index (χ3n) is 11.9. The molecule has 1 aliphatic rings. The number of aliphatic carboxylic acids is 2. The molecule has 0 radical (unpaired) electrons. The maximum Gasteiger partial charge on any atom is 0.326 e. The van der Waals surface area contributed by atoms with Crippen LogP contribution in [0.4, 0.5) is 0 Å². The van der Waals surface area contributed by atoms with Gasteiger partial charge >= 0.3 is 11.9 Å². The molecule has 2 rings (SSSR count). The number of carbonyl (C=O) groups excluding carboxylic acids is 8. The number of unbranched alkanes of at least 4 members (excludes halogenated alkanes) is 2. The fraction of sp³-hybridized carbons (Fsp3) is 0.717. The molecule has 1 aliphatic heterocycles. The van der Waals surface area contributed by atoms with Gasteiger partial charge in [0.1, 0.15) is 42.3 Å². The number of rotatable bonds is 33. The SMILES string of the molecule is CC(C)C[C@H](NC(=O)[C@@H](N)CCCCN)C(=O)N[C@@H](CCCCN)C(=O)N[C@@H](CCC(=O)O)C(=O)N1CCC[C@H]1C(=O)N[C@H](C(=O)N[C@@H](Cc1cnc[nH]1)C(=O)NCC(=O)N[C@H](C(=O)O)C(C)C)C(C)C. The van der Waals surface area contributed by atoms with Gasteiger partial charge < -0.3 is 74.5 Å². The van der Waals surface area contributed by atoms with Gasteiger partial charge in [0, 0.05) is 31.3 Å². The predicted molar refractivity (Wildman–Crippen MR) is 259 cm³/mol. The number of nitrogens with one attached hydrogen (secondary N) is 8. The maximum absolute atomic E-state index is 14.4. The molecule has 0 saturated carbocycles. The number of hydrogen-bond acceptors (Lipinski definition) is 14. The Bertz CT molecular complexity index is 1930. The first-order valence-corrected chi connectivity index (χ1v) is 24.5. The lowest BCUT2D eigenvalue weighted by Crippen LogP contribution is -2.60. The van der Waals surface area contributed by atoms with Gasteiger partial charge in [0.05, 0.1) is 18.9 Å². The molecule has 16 N–H and O–H groups in total. The molecule has 0 unspecified atom stereocenters. The number of carboxylic acids is 2. The van der Waals surface area contributed by atoms with Gasteiger partial charge in [-0.15, -0.1) is 0 Å². The van der Waals surface area contributed by atoms with Crippen molar-refractivity contribution >= 4 is 59.2 Å². The van der Waals surface area contributed by atoms with Crippen molar-refractivity contribution in [1.29, 1.82) is 0 Å². The minimum Gasteiger partial charge on any atom is -0.481 e. The van der Waals surface area contributed by atoms with E-state index in [0.717, 1.165) is 0 Å². The van der Waals surface area contributed by atoms with Gasteiger partial charge in [-0.25, -0.2) is 9.78 Å². The number of nitrogens with zero attached hydrogens (tertiary/aromatic N) is 2. The molecule has 1 aromatic heterocycles. The van der Waals surface area contributed by atoms with Gasteiger partial charge in [-0.1, -0.05) is 48.0 Å². The summed E-state index contributed by atoms with van der Waals surface area (Å²) in [5.74, 6) is -9.50. The van der Waals surface area contributed by atoms with Crippen LogP contribution in [0.15, 0.2) is 12.5 Å². The van der Waals surface area contributed by atoms with E-state index < -0.39 is 132 Å². The van der Waals surface area contributed by atoms with Gasteiger partial charge in [-0.3, -0.25) is 43.2 Å². The molecule has 0 aromatic carbocycles. The van der Waals surface area contributed by atoms with E-state index in [1.165, 1.54) is 17.4 Å². The number of H-pyrrole nitrogens is 1. The highest BCUT2D eigenvalue weighted by Gasteiger charge is 2.41. The number of aromatic nitrogens is 2. The fourth-order valence-electron chi connectivity index (χ4n) is 7.86. The minimum atomic E-state index is -1.47. The van der Waals surface area contributed by atoms with Crippen LogP contribution in [0.25, 0.3) is 0 Å². The molecule has 8 amide bonds. The molecular formula is C46H79N13O12. The van der Waals surface area contributed by atoms with E-state index in [1.807, 2.05) is 13.8 Å². The molecule has 1 aromatic rings. The van der Waals surface area contributed by atoms with E-state index in [9.17, 15) is 58.2 Å². The average molecular weight is 1010 g/mol. The zero-order valence-corrected chi connectivity index (χ0v) is 41.9. The Hall–Kier alpha value is -6.21. The van der Waals surface area contributed by atoms with Crippen molar-refractivity contribution in [2.24, 2.45) is 35.0 Å². The average Bonchev–Trinajstić information content (AvgIpc) is 4.02. The van der Waals surface area contributed by atoms with Gasteiger partial charge in [-0.05, 0) is 88.6 Å². The topological polar surface area (TPSA) is 405 Å². The standard InChI is InChI=1S/C46H79N13O12/c1-25(2)20-32(55-39(63)29(49)12-7-9-17-47)42(66)53-30(13-8-10-18-48)41(65)54-31(15-16-36(61)62)45(69)59-19-11-14-34(59)43(67)58-37(26(3)4)44(68)56-33(21-28-22-50-24-52-28)40(64)51-23-35(60)57-38(27(5)6)46(70)71/h22,24-27,29-34,37-38H,7-21,23,47-49H2,1-6H3,(H,50,52)(H,51,64)(H,53,66)(H,54,65)(H,55,63)(H,56,68)(H,57,60)(H,58,67)(H,61,62)(H,70,71)/t29-,30-,31-,32-,33-,34-,37-,38-/m0/s1. The highest BCUT2D eigenvalue weighted by molar-refractivity contribution is 5.98. The molecule has 2 heterocycles. The van der Waals surface area contributed by atoms with Crippen LogP contribution in [0.1, 0.15) is 118 Å². The molecule has 1 fully saturated rings. The number of aromatic amines is 1. The lowest BCUT2D eigenvalue weighted by atomic mass is 10.0. The van der Waals surface area contributed by atoms with Crippen LogP contribution in [0.3, 0.4) is 0 Å². The van der Waals surface area contributed by atoms with Crippen molar-refractivity contribution in [3.8, 4) is 0 Å². The quantitative estimate of drug-likeness (QED) is 0.0334. The van der Waals surface area contributed by atoms with E-state index in [2.05, 4.69) is 47.2 Å². The number of amides is 8. The monoisotopic (exact) mass is 1010 g/mol. The highest BCUT2D eigenvalue weighted by atomic mass is 16.4. The fourth-order valence-corrected chi connectivity index (χ4v) is 7.86. The molecular weight excluding hydrogens is 927 g/mol. The Balaban J connectivity index is 2.32. The number of hydrogen-bond donors (Lipinski definition) is 13. The van der Waals surface area contributed by atoms with Crippen molar-refractivity contribution in [3.63, 3.8) is 0 Å². The van der Waals surface area contributed by atoms with Crippen molar-refractivity contribution < 1.29 is 58.2 Å². The highest BCUT2D eigenvalue weighted by Crippen LogP contribution is 2.21. The smallest absolute Gasteiger partial charge is 0.326 e. The predicted octanol–water partition coefficient (Wildman–Crippen LogP) is -2.14. The number of imidazole rings is 1. The lowest BCUT2D eigenvalue weighted by molar-refractivity contribution is -0.144. The lowest BCUT2D eigenvalue weighted by Gasteiger charge is -2.31. The van der Waals surface area contributed by atoms with E-state index in [4.69, 9.17) is 17.2 Å². The van der Waals surface area contributed by atoms with E-state index >= 15 is 0 Å². The first-order valence-electron chi connectivity index (χ1n) is 24.5. The number of carboxylic acid groups (broad SMARTS) is 2. The molecule has 71 heavy (non-hydrogen) atoms. The Morgan fingerprint density at radius 3 is 1.86 bits per heavy atom. The van der Waals surface area contributed by atoms with Crippen LogP contribution >= 0.6 is 0 Å². The summed E-state index contributed by atoms with van der Waals surface area (Å²) in [6, 6.07) is -9.62. The van der Waals surface area contributed by atoms with Crippen molar-refractivity contribution in [2.45, 2.75) is 167 Å². The molecule has 0 aliphatic carbocycles. The summed E-state index contributed by atoms with van der Waals surface area (Å²) in [6.07, 6.45) is 5.00. The van der Waals surface area contributed by atoms with Crippen LogP contribution in [0, 0.1) is 17.8 Å². The van der Waals surface area contributed by atoms with Crippen LogP contribution in [-0.2, 0) is 54.4 Å². The molecule has 25 nitrogen and oxygen atoms in total. The third kappa shape index (κ3) is 21.4. The van der Waals surface area contributed by atoms with Crippen LogP contribution < -0.4 is 54.4 Å². The summed E-state index contributed by atoms with van der Waals surface area (Å²) >= 11 is 0. The second kappa shape index (κ2) is 31.2. The largest absolute Gasteiger partial charge is 0.481 e.